The van der Waals surface area contributed by atoms with Gasteiger partial charge in [0.1, 0.15) is 17.7 Å². The van der Waals surface area contributed by atoms with Crippen LogP contribution in [0.3, 0.4) is 0 Å². The Balaban J connectivity index is 2.09. The Morgan fingerprint density at radius 2 is 2.11 bits per heavy atom. The third-order valence-electron chi connectivity index (χ3n) is 2.89. The first-order valence-corrected chi connectivity index (χ1v) is 6.00. The minimum atomic E-state index is -0.513. The molecule has 0 aliphatic rings. The SMILES string of the molecule is COC(=O)CC(=O)C[C@@H](C)n1nnc2ccccc21. The summed E-state index contributed by atoms with van der Waals surface area (Å²) in [5.41, 5.74) is 1.66. The standard InChI is InChI=1S/C13H15N3O3/c1-9(7-10(17)8-13(18)19-2)16-12-6-4-3-5-11(12)14-15-16/h3-6,9H,7-8H2,1-2H3/t9-/m1/s1. The molecule has 1 aromatic heterocycles. The van der Waals surface area contributed by atoms with E-state index < -0.39 is 5.97 Å². The van der Waals surface area contributed by atoms with E-state index >= 15 is 0 Å². The van der Waals surface area contributed by atoms with Crippen LogP contribution >= 0.6 is 0 Å². The molecule has 1 heterocycles. The molecule has 2 aromatic rings. The van der Waals surface area contributed by atoms with Crippen molar-refractivity contribution < 1.29 is 14.3 Å². The van der Waals surface area contributed by atoms with Crippen molar-refractivity contribution in [1.82, 2.24) is 15.0 Å². The van der Waals surface area contributed by atoms with E-state index in [1.807, 2.05) is 31.2 Å². The zero-order chi connectivity index (χ0) is 13.8. The topological polar surface area (TPSA) is 74.1 Å². The Hall–Kier alpha value is -2.24. The quantitative estimate of drug-likeness (QED) is 0.602. The van der Waals surface area contributed by atoms with Gasteiger partial charge in [-0.15, -0.1) is 5.10 Å². The Morgan fingerprint density at radius 3 is 2.84 bits per heavy atom. The monoisotopic (exact) mass is 261 g/mol. The van der Waals surface area contributed by atoms with Gasteiger partial charge in [-0.25, -0.2) is 4.68 Å². The predicted octanol–water partition coefficient (Wildman–Crippen LogP) is 1.51. The highest BCUT2D eigenvalue weighted by Gasteiger charge is 2.17. The average Bonchev–Trinajstić information content (AvgIpc) is 2.82. The molecule has 0 amide bonds. The van der Waals surface area contributed by atoms with E-state index in [-0.39, 0.29) is 24.7 Å². The number of methoxy groups -OCH3 is 1. The molecule has 100 valence electrons. The van der Waals surface area contributed by atoms with Crippen molar-refractivity contribution in [2.75, 3.05) is 7.11 Å². The first kappa shape index (κ1) is 13.2. The minimum absolute atomic E-state index is 0.149. The number of esters is 1. The summed E-state index contributed by atoms with van der Waals surface area (Å²) in [6.07, 6.45) is 0.0237. The van der Waals surface area contributed by atoms with Crippen molar-refractivity contribution in [3.63, 3.8) is 0 Å². The van der Waals surface area contributed by atoms with Gasteiger partial charge in [0.15, 0.2) is 0 Å². The van der Waals surface area contributed by atoms with Crippen LogP contribution in [0.1, 0.15) is 25.8 Å². The second-order valence-electron chi connectivity index (χ2n) is 4.37. The molecule has 0 aliphatic carbocycles. The number of aromatic nitrogens is 3. The van der Waals surface area contributed by atoms with Gasteiger partial charge in [-0.05, 0) is 19.1 Å². The number of hydrogen-bond acceptors (Lipinski definition) is 5. The summed E-state index contributed by atoms with van der Waals surface area (Å²) in [5, 5.41) is 8.08. The van der Waals surface area contributed by atoms with Crippen LogP contribution in [0, 0.1) is 0 Å². The highest BCUT2D eigenvalue weighted by atomic mass is 16.5. The lowest BCUT2D eigenvalue weighted by Gasteiger charge is -2.11. The molecule has 0 saturated carbocycles. The summed E-state index contributed by atoms with van der Waals surface area (Å²) in [7, 11) is 1.27. The number of hydrogen-bond donors (Lipinski definition) is 0. The fourth-order valence-electron chi connectivity index (χ4n) is 1.93. The number of fused-ring (bicyclic) bond motifs is 1. The summed E-state index contributed by atoms with van der Waals surface area (Å²) in [5.74, 6) is -0.681. The molecule has 19 heavy (non-hydrogen) atoms. The maximum absolute atomic E-state index is 11.7. The van der Waals surface area contributed by atoms with E-state index in [1.165, 1.54) is 7.11 Å². The summed E-state index contributed by atoms with van der Waals surface area (Å²) in [4.78, 5) is 22.7. The van der Waals surface area contributed by atoms with Crippen molar-refractivity contribution in [3.8, 4) is 0 Å². The molecule has 0 saturated heterocycles. The van der Waals surface area contributed by atoms with Crippen LogP contribution in [0.5, 0.6) is 0 Å². The molecular weight excluding hydrogens is 246 g/mol. The van der Waals surface area contributed by atoms with Crippen LogP contribution in [0.15, 0.2) is 24.3 Å². The number of carbonyl (C=O) groups is 2. The fourth-order valence-corrected chi connectivity index (χ4v) is 1.93. The second kappa shape index (κ2) is 5.60. The highest BCUT2D eigenvalue weighted by molar-refractivity contribution is 5.95. The number of ether oxygens (including phenoxy) is 1. The van der Waals surface area contributed by atoms with Gasteiger partial charge < -0.3 is 4.74 Å². The van der Waals surface area contributed by atoms with E-state index in [2.05, 4.69) is 15.0 Å². The highest BCUT2D eigenvalue weighted by Crippen LogP contribution is 2.18. The smallest absolute Gasteiger partial charge is 0.313 e. The Kier molecular flexibility index (Phi) is 3.89. The number of rotatable bonds is 5. The van der Waals surface area contributed by atoms with Crippen LogP contribution in [0.4, 0.5) is 0 Å². The van der Waals surface area contributed by atoms with Gasteiger partial charge in [-0.2, -0.15) is 0 Å². The molecule has 0 fully saturated rings. The lowest BCUT2D eigenvalue weighted by molar-refractivity contribution is -0.143. The van der Waals surface area contributed by atoms with Gasteiger partial charge >= 0.3 is 5.97 Å². The number of carbonyl (C=O) groups excluding carboxylic acids is 2. The van der Waals surface area contributed by atoms with Gasteiger partial charge in [0.05, 0.1) is 18.7 Å². The first-order chi connectivity index (χ1) is 9.11. The predicted molar refractivity (Wildman–Crippen MR) is 68.5 cm³/mol. The van der Waals surface area contributed by atoms with Gasteiger partial charge in [-0.1, -0.05) is 17.3 Å². The zero-order valence-electron chi connectivity index (χ0n) is 10.9. The third-order valence-corrected chi connectivity index (χ3v) is 2.89. The molecule has 0 N–H and O–H groups in total. The number of para-hydroxylation sites is 1. The maximum Gasteiger partial charge on any atom is 0.313 e. The van der Waals surface area contributed by atoms with E-state index in [1.54, 1.807) is 4.68 Å². The van der Waals surface area contributed by atoms with E-state index in [4.69, 9.17) is 0 Å². The molecule has 2 rings (SSSR count). The number of benzene rings is 1. The van der Waals surface area contributed by atoms with E-state index in [0.717, 1.165) is 11.0 Å². The van der Waals surface area contributed by atoms with Crippen molar-refractivity contribution in [3.05, 3.63) is 24.3 Å². The molecule has 0 aliphatic heterocycles. The molecular formula is C13H15N3O3. The molecule has 6 heteroatoms. The third kappa shape index (κ3) is 2.96. The lowest BCUT2D eigenvalue weighted by atomic mass is 10.1. The van der Waals surface area contributed by atoms with Gasteiger partial charge in [0.2, 0.25) is 0 Å². The van der Waals surface area contributed by atoms with Gasteiger partial charge in [-0.3, -0.25) is 9.59 Å². The molecule has 0 unspecified atom stereocenters. The van der Waals surface area contributed by atoms with E-state index in [9.17, 15) is 9.59 Å². The minimum Gasteiger partial charge on any atom is -0.469 e. The molecule has 0 spiro atoms. The van der Waals surface area contributed by atoms with Crippen molar-refractivity contribution in [1.29, 1.82) is 0 Å². The molecule has 1 aromatic carbocycles. The number of Topliss-reactive ketones (excluding diaryl/α,β-unsaturated/α-hetero) is 1. The van der Waals surface area contributed by atoms with Crippen molar-refractivity contribution >= 4 is 22.8 Å². The van der Waals surface area contributed by atoms with Gasteiger partial charge in [0, 0.05) is 6.42 Å². The summed E-state index contributed by atoms with van der Waals surface area (Å²) in [6, 6.07) is 7.39. The molecule has 6 nitrogen and oxygen atoms in total. The van der Waals surface area contributed by atoms with Crippen LogP contribution in [-0.2, 0) is 14.3 Å². The molecule has 0 bridgehead atoms. The lowest BCUT2D eigenvalue weighted by Crippen LogP contribution is -2.15. The fraction of sp³-hybridized carbons (Fsp3) is 0.385. The van der Waals surface area contributed by atoms with Crippen LogP contribution in [-0.4, -0.2) is 33.9 Å². The Bertz CT molecular complexity index is 606. The number of nitrogens with zero attached hydrogens (tertiary/aromatic N) is 3. The normalized spacial score (nSPS) is 12.3. The average molecular weight is 261 g/mol. The van der Waals surface area contributed by atoms with Crippen LogP contribution in [0.2, 0.25) is 0 Å². The van der Waals surface area contributed by atoms with Crippen molar-refractivity contribution in [2.45, 2.75) is 25.8 Å². The van der Waals surface area contributed by atoms with Crippen LogP contribution in [0.25, 0.3) is 11.0 Å². The summed E-state index contributed by atoms with van der Waals surface area (Å²) in [6.45, 7) is 1.87. The first-order valence-electron chi connectivity index (χ1n) is 6.00. The number of ketones is 1. The van der Waals surface area contributed by atoms with Crippen molar-refractivity contribution in [2.24, 2.45) is 0 Å². The Morgan fingerprint density at radius 1 is 1.37 bits per heavy atom. The molecule has 1 atom stereocenters. The van der Waals surface area contributed by atoms with E-state index in [0.29, 0.717) is 0 Å². The summed E-state index contributed by atoms with van der Waals surface area (Å²) >= 11 is 0. The zero-order valence-corrected chi connectivity index (χ0v) is 10.9. The Labute approximate surface area is 110 Å². The largest absolute Gasteiger partial charge is 0.469 e. The van der Waals surface area contributed by atoms with Gasteiger partial charge in [0.25, 0.3) is 0 Å². The molecule has 0 radical (unpaired) electrons. The maximum atomic E-state index is 11.7. The summed E-state index contributed by atoms with van der Waals surface area (Å²) < 4.78 is 6.17. The second-order valence-corrected chi connectivity index (χ2v) is 4.37. The van der Waals surface area contributed by atoms with Crippen LogP contribution < -0.4 is 0 Å².